The molecule has 0 aromatic carbocycles. The van der Waals surface area contributed by atoms with Crippen molar-refractivity contribution in [3.05, 3.63) is 30.2 Å². The Kier molecular flexibility index (Phi) is 2.51. The molecule has 0 bridgehead atoms. The third kappa shape index (κ3) is 1.64. The standard InChI is InChI=1S/C11H13N3O/c1-14-7-9(11(15)2-4-12)8-3-5-13-6-10(8)14/h3,5-7H,2,4,12H2,1H3. The van der Waals surface area contributed by atoms with Gasteiger partial charge in [0.2, 0.25) is 0 Å². The highest BCUT2D eigenvalue weighted by Gasteiger charge is 2.12. The number of nitrogens with zero attached hydrogens (tertiary/aromatic N) is 2. The summed E-state index contributed by atoms with van der Waals surface area (Å²) < 4.78 is 1.91. The third-order valence-electron chi connectivity index (χ3n) is 2.46. The Balaban J connectivity index is 2.57. The van der Waals surface area contributed by atoms with Crippen LogP contribution >= 0.6 is 0 Å². The lowest BCUT2D eigenvalue weighted by Gasteiger charge is -1.95. The second kappa shape index (κ2) is 3.82. The van der Waals surface area contributed by atoms with E-state index in [0.717, 1.165) is 16.5 Å². The minimum absolute atomic E-state index is 0.0919. The third-order valence-corrected chi connectivity index (χ3v) is 2.46. The highest BCUT2D eigenvalue weighted by Crippen LogP contribution is 2.20. The van der Waals surface area contributed by atoms with Crippen molar-refractivity contribution in [1.29, 1.82) is 0 Å². The first-order valence-corrected chi connectivity index (χ1v) is 4.86. The molecule has 0 spiro atoms. The van der Waals surface area contributed by atoms with Crippen LogP contribution in [0.15, 0.2) is 24.7 Å². The molecule has 0 radical (unpaired) electrons. The van der Waals surface area contributed by atoms with Crippen LogP contribution in [0.4, 0.5) is 0 Å². The van der Waals surface area contributed by atoms with Gasteiger partial charge >= 0.3 is 0 Å². The Morgan fingerprint density at radius 2 is 2.40 bits per heavy atom. The van der Waals surface area contributed by atoms with Gasteiger partial charge in [0.15, 0.2) is 5.78 Å². The summed E-state index contributed by atoms with van der Waals surface area (Å²) >= 11 is 0. The van der Waals surface area contributed by atoms with Gasteiger partial charge in [-0.1, -0.05) is 0 Å². The van der Waals surface area contributed by atoms with Crippen LogP contribution in [0.1, 0.15) is 16.8 Å². The van der Waals surface area contributed by atoms with Crippen molar-refractivity contribution >= 4 is 16.7 Å². The number of hydrogen-bond donors (Lipinski definition) is 1. The van der Waals surface area contributed by atoms with Gasteiger partial charge in [-0.25, -0.2) is 0 Å². The number of hydrogen-bond acceptors (Lipinski definition) is 3. The number of ketones is 1. The van der Waals surface area contributed by atoms with Crippen molar-refractivity contribution in [2.45, 2.75) is 6.42 Å². The van der Waals surface area contributed by atoms with Gasteiger partial charge in [0.25, 0.3) is 0 Å². The van der Waals surface area contributed by atoms with Gasteiger partial charge in [0.05, 0.1) is 11.7 Å². The molecule has 4 nitrogen and oxygen atoms in total. The largest absolute Gasteiger partial charge is 0.349 e. The van der Waals surface area contributed by atoms with Crippen LogP contribution in [0.3, 0.4) is 0 Å². The second-order valence-electron chi connectivity index (χ2n) is 3.51. The van der Waals surface area contributed by atoms with Crippen LogP contribution in [-0.4, -0.2) is 21.9 Å². The smallest absolute Gasteiger partial charge is 0.166 e. The summed E-state index contributed by atoms with van der Waals surface area (Å²) in [7, 11) is 1.91. The van der Waals surface area contributed by atoms with E-state index >= 15 is 0 Å². The number of aromatic nitrogens is 2. The summed E-state index contributed by atoms with van der Waals surface area (Å²) in [5.41, 5.74) is 7.08. The van der Waals surface area contributed by atoms with Gasteiger partial charge in [-0.05, 0) is 12.6 Å². The number of carbonyl (C=O) groups is 1. The van der Waals surface area contributed by atoms with Crippen molar-refractivity contribution in [3.8, 4) is 0 Å². The highest BCUT2D eigenvalue weighted by molar-refractivity contribution is 6.07. The van der Waals surface area contributed by atoms with Gasteiger partial charge in [0, 0.05) is 36.8 Å². The Bertz CT molecular complexity index is 502. The second-order valence-corrected chi connectivity index (χ2v) is 3.51. The normalized spacial score (nSPS) is 10.8. The first-order valence-electron chi connectivity index (χ1n) is 4.86. The summed E-state index contributed by atoms with van der Waals surface area (Å²) in [6.45, 7) is 0.389. The minimum Gasteiger partial charge on any atom is -0.349 e. The number of Topliss-reactive ketones (excluding diaryl/α,β-unsaturated/α-hetero) is 1. The fourth-order valence-corrected chi connectivity index (χ4v) is 1.72. The van der Waals surface area contributed by atoms with Gasteiger partial charge in [-0.15, -0.1) is 0 Å². The van der Waals surface area contributed by atoms with E-state index in [1.807, 2.05) is 23.9 Å². The highest BCUT2D eigenvalue weighted by atomic mass is 16.1. The van der Waals surface area contributed by atoms with Crippen molar-refractivity contribution < 1.29 is 4.79 Å². The maximum atomic E-state index is 11.8. The summed E-state index contributed by atoms with van der Waals surface area (Å²) in [6, 6.07) is 1.86. The number of nitrogens with two attached hydrogens (primary N) is 1. The molecular formula is C11H13N3O. The van der Waals surface area contributed by atoms with Gasteiger partial charge in [-0.2, -0.15) is 0 Å². The Morgan fingerprint density at radius 1 is 1.60 bits per heavy atom. The van der Waals surface area contributed by atoms with E-state index in [2.05, 4.69) is 4.98 Å². The molecular weight excluding hydrogens is 190 g/mol. The zero-order valence-electron chi connectivity index (χ0n) is 8.60. The van der Waals surface area contributed by atoms with E-state index in [0.29, 0.717) is 13.0 Å². The Hall–Kier alpha value is -1.68. The quantitative estimate of drug-likeness (QED) is 0.760. The van der Waals surface area contributed by atoms with Gasteiger partial charge in [0.1, 0.15) is 0 Å². The summed E-state index contributed by atoms with van der Waals surface area (Å²) in [4.78, 5) is 15.8. The lowest BCUT2D eigenvalue weighted by Crippen LogP contribution is -2.07. The van der Waals surface area contributed by atoms with Gasteiger partial charge in [-0.3, -0.25) is 9.78 Å². The minimum atomic E-state index is 0.0919. The molecule has 2 heterocycles. The molecule has 0 saturated carbocycles. The van der Waals surface area contributed by atoms with Crippen molar-refractivity contribution in [3.63, 3.8) is 0 Å². The molecule has 15 heavy (non-hydrogen) atoms. The SMILES string of the molecule is Cn1cc(C(=O)CCN)c2ccncc21. The molecule has 0 atom stereocenters. The van der Waals surface area contributed by atoms with Crippen LogP contribution in [-0.2, 0) is 7.05 Å². The van der Waals surface area contributed by atoms with E-state index < -0.39 is 0 Å². The molecule has 0 aliphatic heterocycles. The number of aryl methyl sites for hydroxylation is 1. The molecule has 0 aliphatic rings. The molecule has 0 fully saturated rings. The van der Waals surface area contributed by atoms with Crippen LogP contribution in [0, 0.1) is 0 Å². The molecule has 0 unspecified atom stereocenters. The van der Waals surface area contributed by atoms with Gasteiger partial charge < -0.3 is 10.3 Å². The zero-order chi connectivity index (χ0) is 10.8. The molecule has 0 aliphatic carbocycles. The van der Waals surface area contributed by atoms with E-state index in [-0.39, 0.29) is 5.78 Å². The topological polar surface area (TPSA) is 60.9 Å². The number of rotatable bonds is 3. The zero-order valence-corrected chi connectivity index (χ0v) is 8.60. The maximum absolute atomic E-state index is 11.8. The number of fused-ring (bicyclic) bond motifs is 1. The predicted molar refractivity (Wildman–Crippen MR) is 58.7 cm³/mol. The number of pyridine rings is 1. The monoisotopic (exact) mass is 203 g/mol. The first kappa shape index (κ1) is 9.86. The van der Waals surface area contributed by atoms with Crippen molar-refractivity contribution in [2.75, 3.05) is 6.54 Å². The molecule has 4 heteroatoms. The Morgan fingerprint density at radius 3 is 3.13 bits per heavy atom. The molecule has 0 saturated heterocycles. The predicted octanol–water partition coefficient (Wildman–Crippen LogP) is 1.10. The van der Waals surface area contributed by atoms with E-state index in [4.69, 9.17) is 5.73 Å². The lowest BCUT2D eigenvalue weighted by molar-refractivity contribution is 0.0987. The van der Waals surface area contributed by atoms with Crippen LogP contribution in [0.25, 0.3) is 10.9 Å². The van der Waals surface area contributed by atoms with Crippen LogP contribution < -0.4 is 5.73 Å². The van der Waals surface area contributed by atoms with E-state index in [9.17, 15) is 4.79 Å². The van der Waals surface area contributed by atoms with Crippen molar-refractivity contribution in [2.24, 2.45) is 12.8 Å². The molecule has 0 amide bonds. The van der Waals surface area contributed by atoms with E-state index in [1.54, 1.807) is 12.4 Å². The Labute approximate surface area is 87.7 Å². The molecule has 2 aromatic heterocycles. The fourth-order valence-electron chi connectivity index (χ4n) is 1.72. The average molecular weight is 203 g/mol. The first-order chi connectivity index (χ1) is 7.24. The average Bonchev–Trinajstić information content (AvgIpc) is 2.58. The maximum Gasteiger partial charge on any atom is 0.166 e. The van der Waals surface area contributed by atoms with Crippen LogP contribution in [0.2, 0.25) is 0 Å². The number of carbonyl (C=O) groups excluding carboxylic acids is 1. The molecule has 2 N–H and O–H groups in total. The van der Waals surface area contributed by atoms with E-state index in [1.165, 1.54) is 0 Å². The van der Waals surface area contributed by atoms with Crippen LogP contribution in [0.5, 0.6) is 0 Å². The fraction of sp³-hybridized carbons (Fsp3) is 0.273. The molecule has 2 rings (SSSR count). The lowest BCUT2D eigenvalue weighted by atomic mass is 10.1. The summed E-state index contributed by atoms with van der Waals surface area (Å²) in [5.74, 6) is 0.0919. The summed E-state index contributed by atoms with van der Waals surface area (Å²) in [5, 5.41) is 0.950. The van der Waals surface area contributed by atoms with Crippen molar-refractivity contribution in [1.82, 2.24) is 9.55 Å². The molecule has 78 valence electrons. The summed E-state index contributed by atoms with van der Waals surface area (Å²) in [6.07, 6.45) is 5.68. The molecule has 2 aromatic rings.